The van der Waals surface area contributed by atoms with E-state index >= 15 is 0 Å². The Labute approximate surface area is 196 Å². The van der Waals surface area contributed by atoms with Gasteiger partial charge in [-0.1, -0.05) is 12.1 Å². The van der Waals surface area contributed by atoms with Gasteiger partial charge in [0.05, 0.1) is 33.9 Å². The number of amides is 1. The molecule has 6 rings (SSSR count). The van der Waals surface area contributed by atoms with Crippen molar-refractivity contribution in [3.8, 4) is 11.1 Å². The smallest absolute Gasteiger partial charge is 0.325 e. The fourth-order valence-electron chi connectivity index (χ4n) is 5.00. The summed E-state index contributed by atoms with van der Waals surface area (Å²) >= 11 is 0. The maximum absolute atomic E-state index is 13.6. The number of anilines is 2. The van der Waals surface area contributed by atoms with Crippen molar-refractivity contribution in [3.05, 3.63) is 69.8 Å². The van der Waals surface area contributed by atoms with E-state index in [1.54, 1.807) is 31.4 Å². The van der Waals surface area contributed by atoms with Gasteiger partial charge in [0.15, 0.2) is 0 Å². The minimum atomic E-state index is -4.55. The number of nitrogens with two attached hydrogens (primary N) is 1. The van der Waals surface area contributed by atoms with E-state index in [1.807, 2.05) is 0 Å². The second-order valence-electron chi connectivity index (χ2n) is 8.92. The summed E-state index contributed by atoms with van der Waals surface area (Å²) in [6.07, 6.45) is -1.83. The van der Waals surface area contributed by atoms with Gasteiger partial charge in [0, 0.05) is 24.5 Å². The van der Waals surface area contributed by atoms with Crippen molar-refractivity contribution in [3.63, 3.8) is 0 Å². The lowest BCUT2D eigenvalue weighted by atomic mass is 9.97. The molecule has 0 saturated heterocycles. The summed E-state index contributed by atoms with van der Waals surface area (Å²) in [5.41, 5.74) is 6.28. The van der Waals surface area contributed by atoms with E-state index in [0.29, 0.717) is 51.8 Å². The number of aryl methyl sites for hydroxylation is 1. The molecular formula is C24H19F3N6O2. The van der Waals surface area contributed by atoms with Crippen molar-refractivity contribution in [2.75, 3.05) is 4.90 Å². The summed E-state index contributed by atoms with van der Waals surface area (Å²) in [5, 5.41) is 11.7. The Hall–Kier alpha value is -3.99. The molecule has 2 aromatic heterocycles. The van der Waals surface area contributed by atoms with Gasteiger partial charge in [0.1, 0.15) is 5.82 Å². The third kappa shape index (κ3) is 2.97. The number of aromatic nitrogens is 4. The zero-order valence-corrected chi connectivity index (χ0v) is 18.5. The third-order valence-corrected chi connectivity index (χ3v) is 6.94. The first kappa shape index (κ1) is 21.5. The molecule has 1 spiro atoms. The Morgan fingerprint density at radius 2 is 1.89 bits per heavy atom. The number of fused-ring (bicyclic) bond motifs is 3. The molecule has 1 aliphatic carbocycles. The van der Waals surface area contributed by atoms with Gasteiger partial charge in [-0.3, -0.25) is 19.2 Å². The number of H-pyrrole nitrogens is 1. The van der Waals surface area contributed by atoms with Crippen molar-refractivity contribution in [2.24, 2.45) is 12.8 Å². The number of carbonyl (C=O) groups is 1. The van der Waals surface area contributed by atoms with Crippen molar-refractivity contribution in [2.45, 2.75) is 31.0 Å². The molecule has 178 valence electrons. The zero-order valence-electron chi connectivity index (χ0n) is 18.5. The quantitative estimate of drug-likeness (QED) is 0.466. The van der Waals surface area contributed by atoms with E-state index in [4.69, 9.17) is 5.73 Å². The number of nitrogens with one attached hydrogen (secondary N) is 1. The van der Waals surface area contributed by atoms with E-state index in [-0.39, 0.29) is 23.7 Å². The second kappa shape index (κ2) is 7.01. The molecule has 2 aromatic carbocycles. The van der Waals surface area contributed by atoms with Crippen molar-refractivity contribution in [1.29, 1.82) is 0 Å². The van der Waals surface area contributed by atoms with E-state index < -0.39 is 17.2 Å². The number of halogens is 3. The van der Waals surface area contributed by atoms with E-state index in [0.717, 1.165) is 12.1 Å². The van der Waals surface area contributed by atoms with Crippen LogP contribution in [0.1, 0.15) is 29.7 Å². The van der Waals surface area contributed by atoms with Crippen LogP contribution in [0.4, 0.5) is 24.7 Å². The predicted octanol–water partition coefficient (Wildman–Crippen LogP) is 3.51. The van der Waals surface area contributed by atoms with E-state index in [1.165, 1.54) is 15.6 Å². The van der Waals surface area contributed by atoms with Crippen LogP contribution in [0.5, 0.6) is 0 Å². The number of benzene rings is 2. The van der Waals surface area contributed by atoms with Gasteiger partial charge in [0.25, 0.3) is 5.56 Å². The highest BCUT2D eigenvalue weighted by molar-refractivity contribution is 6.16. The average Bonchev–Trinajstić information content (AvgIpc) is 3.50. The molecule has 0 unspecified atom stereocenters. The summed E-state index contributed by atoms with van der Waals surface area (Å²) in [6, 6.07) is 8.56. The van der Waals surface area contributed by atoms with Crippen LogP contribution >= 0.6 is 0 Å². The molecule has 1 fully saturated rings. The van der Waals surface area contributed by atoms with Crippen LogP contribution in [-0.2, 0) is 30.0 Å². The van der Waals surface area contributed by atoms with Gasteiger partial charge in [-0.2, -0.15) is 23.4 Å². The van der Waals surface area contributed by atoms with Gasteiger partial charge in [-0.05, 0) is 48.2 Å². The topological polar surface area (TPSA) is 110 Å². The molecule has 3 N–H and O–H groups in total. The van der Waals surface area contributed by atoms with E-state index in [2.05, 4.69) is 15.3 Å². The highest BCUT2D eigenvalue weighted by Gasteiger charge is 2.60. The lowest BCUT2D eigenvalue weighted by molar-refractivity contribution is -0.137. The molecule has 1 aliphatic heterocycles. The van der Waals surface area contributed by atoms with Crippen LogP contribution in [0.15, 0.2) is 47.4 Å². The molecule has 0 atom stereocenters. The zero-order chi connectivity index (χ0) is 24.7. The number of rotatable bonds is 3. The molecule has 0 bridgehead atoms. The first-order valence-electron chi connectivity index (χ1n) is 11.0. The van der Waals surface area contributed by atoms with Crippen molar-refractivity contribution in [1.82, 2.24) is 20.0 Å². The summed E-state index contributed by atoms with van der Waals surface area (Å²) in [4.78, 5) is 27.2. The minimum Gasteiger partial charge on any atom is -0.325 e. The number of alkyl halides is 3. The number of carbonyl (C=O) groups excluding carboxylic acids is 1. The van der Waals surface area contributed by atoms with Crippen LogP contribution in [0.2, 0.25) is 0 Å². The molecule has 1 amide bonds. The van der Waals surface area contributed by atoms with Crippen LogP contribution in [0.3, 0.4) is 0 Å². The SMILES string of the molecule is Cn1ncc(-c2ccc3c(=O)[nH]nc(CN)c3c2)c1N1C(=O)C2(CC2)c2ccc(C(F)(F)F)cc21. The largest absolute Gasteiger partial charge is 0.416 e. The summed E-state index contributed by atoms with van der Waals surface area (Å²) in [5.74, 6) is 0.0871. The fraction of sp³-hybridized carbons (Fsp3) is 0.250. The van der Waals surface area contributed by atoms with Crippen LogP contribution in [0, 0.1) is 0 Å². The lowest BCUT2D eigenvalue weighted by Crippen LogP contribution is -2.29. The van der Waals surface area contributed by atoms with Crippen LogP contribution in [0.25, 0.3) is 21.9 Å². The van der Waals surface area contributed by atoms with Gasteiger partial charge in [0.2, 0.25) is 5.91 Å². The third-order valence-electron chi connectivity index (χ3n) is 6.94. The molecule has 35 heavy (non-hydrogen) atoms. The van der Waals surface area contributed by atoms with Gasteiger partial charge in [-0.15, -0.1) is 0 Å². The molecule has 1 saturated carbocycles. The molecule has 4 aromatic rings. The lowest BCUT2D eigenvalue weighted by Gasteiger charge is -2.21. The fourth-order valence-corrected chi connectivity index (χ4v) is 5.00. The average molecular weight is 480 g/mol. The van der Waals surface area contributed by atoms with Crippen LogP contribution < -0.4 is 16.2 Å². The maximum Gasteiger partial charge on any atom is 0.416 e. The summed E-state index contributed by atoms with van der Waals surface area (Å²) in [7, 11) is 1.63. The maximum atomic E-state index is 13.6. The number of hydrogen-bond donors (Lipinski definition) is 2. The van der Waals surface area contributed by atoms with E-state index in [9.17, 15) is 22.8 Å². The Morgan fingerprint density at radius 3 is 2.57 bits per heavy atom. The predicted molar refractivity (Wildman–Crippen MR) is 122 cm³/mol. The second-order valence-corrected chi connectivity index (χ2v) is 8.92. The normalized spacial score (nSPS) is 16.4. The minimum absolute atomic E-state index is 0.0946. The first-order chi connectivity index (χ1) is 16.7. The van der Waals surface area contributed by atoms with Crippen LogP contribution in [-0.4, -0.2) is 25.9 Å². The monoisotopic (exact) mass is 480 g/mol. The molecule has 2 aliphatic rings. The Balaban J connectivity index is 1.57. The van der Waals surface area contributed by atoms with Crippen molar-refractivity contribution >= 4 is 28.2 Å². The Morgan fingerprint density at radius 1 is 1.11 bits per heavy atom. The highest BCUT2D eigenvalue weighted by Crippen LogP contribution is 2.60. The highest BCUT2D eigenvalue weighted by atomic mass is 19.4. The first-order valence-corrected chi connectivity index (χ1v) is 11.0. The Bertz CT molecular complexity index is 1600. The number of nitrogens with zero attached hydrogens (tertiary/aromatic N) is 4. The summed E-state index contributed by atoms with van der Waals surface area (Å²) in [6.45, 7) is 0.0946. The molecule has 8 nitrogen and oxygen atoms in total. The molecule has 3 heterocycles. The molecular weight excluding hydrogens is 461 g/mol. The molecule has 0 radical (unpaired) electrons. The number of hydrogen-bond acceptors (Lipinski definition) is 5. The molecule has 11 heteroatoms. The van der Waals surface area contributed by atoms with Gasteiger partial charge in [-0.25, -0.2) is 5.10 Å². The van der Waals surface area contributed by atoms with Gasteiger partial charge >= 0.3 is 6.18 Å². The van der Waals surface area contributed by atoms with Gasteiger partial charge < -0.3 is 5.73 Å². The standard InChI is InChI=1S/C24H19F3N6O2/c1-32-21(16(11-29-32)12-2-4-14-15(8-12)18(10-28)30-31-20(14)34)33-19-9-13(24(25,26)27)3-5-17(19)23(6-7-23)22(33)35/h2-5,8-9,11H,6-7,10,28H2,1H3,(H,31,34). The number of aromatic amines is 1. The summed E-state index contributed by atoms with van der Waals surface area (Å²) < 4.78 is 42.1. The Kier molecular flexibility index (Phi) is 4.32. The van der Waals surface area contributed by atoms with Crippen molar-refractivity contribution < 1.29 is 18.0 Å².